The molecule has 0 spiro atoms. The third kappa shape index (κ3) is 3.10. The van der Waals surface area contributed by atoms with Gasteiger partial charge in [-0.1, -0.05) is 23.8 Å². The molecule has 3 nitrogen and oxygen atoms in total. The molecule has 1 aromatic rings. The van der Waals surface area contributed by atoms with E-state index in [1.807, 2.05) is 0 Å². The van der Waals surface area contributed by atoms with Crippen molar-refractivity contribution < 1.29 is 9.84 Å². The second-order valence-corrected chi connectivity index (χ2v) is 5.35. The maximum Gasteiger partial charge on any atom is 0.0933 e. The van der Waals surface area contributed by atoms with Crippen LogP contribution in [0.5, 0.6) is 0 Å². The summed E-state index contributed by atoms with van der Waals surface area (Å²) in [6.07, 6.45) is -0.0352. The number of aliphatic hydroxyl groups excluding tert-OH is 1. The van der Waals surface area contributed by atoms with Crippen LogP contribution in [0.1, 0.15) is 23.6 Å². The Morgan fingerprint density at radius 2 is 2.17 bits per heavy atom. The lowest BCUT2D eigenvalue weighted by Gasteiger charge is -2.37. The van der Waals surface area contributed by atoms with E-state index in [0.717, 1.165) is 13.1 Å². The van der Waals surface area contributed by atoms with Gasteiger partial charge in [0.2, 0.25) is 0 Å². The highest BCUT2D eigenvalue weighted by molar-refractivity contribution is 5.30. The number of nitrogens with zero attached hydrogens (tertiary/aromatic N) is 1. The molecule has 0 aromatic heterocycles. The molecule has 1 aliphatic rings. The molecule has 2 rings (SSSR count). The highest BCUT2D eigenvalue weighted by atomic mass is 16.5. The third-order valence-electron chi connectivity index (χ3n) is 3.71. The first-order valence-corrected chi connectivity index (χ1v) is 6.62. The summed E-state index contributed by atoms with van der Waals surface area (Å²) in [4.78, 5) is 2.39. The Balaban J connectivity index is 2.07. The standard InChI is InChI=1S/C15H23NO2/c1-11-4-5-14(12(2)6-11)7-16-8-15(9-17)18-10-13(16)3/h4-6,13,15,17H,7-10H2,1-3H3. The van der Waals surface area contributed by atoms with Gasteiger partial charge in [0, 0.05) is 19.1 Å². The highest BCUT2D eigenvalue weighted by Gasteiger charge is 2.25. The minimum Gasteiger partial charge on any atom is -0.394 e. The van der Waals surface area contributed by atoms with Crippen LogP contribution in [-0.2, 0) is 11.3 Å². The van der Waals surface area contributed by atoms with Gasteiger partial charge in [-0.05, 0) is 31.9 Å². The summed E-state index contributed by atoms with van der Waals surface area (Å²) in [6, 6.07) is 7.01. The molecule has 2 unspecified atom stereocenters. The van der Waals surface area contributed by atoms with Crippen molar-refractivity contribution in [1.82, 2.24) is 4.90 Å². The first kappa shape index (κ1) is 13.5. The molecular weight excluding hydrogens is 226 g/mol. The number of ether oxygens (including phenoxy) is 1. The molecule has 1 saturated heterocycles. The van der Waals surface area contributed by atoms with Gasteiger partial charge in [-0.15, -0.1) is 0 Å². The van der Waals surface area contributed by atoms with Gasteiger partial charge >= 0.3 is 0 Å². The summed E-state index contributed by atoms with van der Waals surface area (Å²) in [5.74, 6) is 0. The summed E-state index contributed by atoms with van der Waals surface area (Å²) in [5.41, 5.74) is 4.01. The van der Waals surface area contributed by atoms with Crippen LogP contribution in [-0.4, -0.2) is 41.9 Å². The van der Waals surface area contributed by atoms with Crippen molar-refractivity contribution in [3.63, 3.8) is 0 Å². The minimum atomic E-state index is -0.0352. The topological polar surface area (TPSA) is 32.7 Å². The van der Waals surface area contributed by atoms with Gasteiger partial charge in [0.15, 0.2) is 0 Å². The first-order chi connectivity index (χ1) is 8.60. The minimum absolute atomic E-state index is 0.0352. The van der Waals surface area contributed by atoms with Crippen molar-refractivity contribution in [2.75, 3.05) is 19.8 Å². The average molecular weight is 249 g/mol. The molecule has 1 aliphatic heterocycles. The lowest BCUT2D eigenvalue weighted by atomic mass is 10.0. The normalized spacial score (nSPS) is 25.3. The molecule has 2 atom stereocenters. The summed E-state index contributed by atoms with van der Waals surface area (Å²) in [5, 5.41) is 9.20. The van der Waals surface area contributed by atoms with E-state index >= 15 is 0 Å². The smallest absolute Gasteiger partial charge is 0.0933 e. The van der Waals surface area contributed by atoms with E-state index in [2.05, 4.69) is 43.9 Å². The van der Waals surface area contributed by atoms with Crippen molar-refractivity contribution in [2.24, 2.45) is 0 Å². The molecule has 1 N–H and O–H groups in total. The lowest BCUT2D eigenvalue weighted by molar-refractivity contribution is -0.0806. The zero-order chi connectivity index (χ0) is 13.1. The van der Waals surface area contributed by atoms with Crippen molar-refractivity contribution in [1.29, 1.82) is 0 Å². The van der Waals surface area contributed by atoms with Crippen molar-refractivity contribution in [3.05, 3.63) is 34.9 Å². The number of hydrogen-bond acceptors (Lipinski definition) is 3. The molecule has 0 bridgehead atoms. The van der Waals surface area contributed by atoms with Crippen LogP contribution in [0, 0.1) is 13.8 Å². The Bertz CT molecular complexity index is 405. The zero-order valence-electron chi connectivity index (χ0n) is 11.5. The number of morpholine rings is 1. The molecule has 0 saturated carbocycles. The second-order valence-electron chi connectivity index (χ2n) is 5.35. The molecular formula is C15H23NO2. The molecule has 0 radical (unpaired) electrons. The Labute approximate surface area is 109 Å². The molecule has 3 heteroatoms. The van der Waals surface area contributed by atoms with E-state index in [1.54, 1.807) is 0 Å². The number of aryl methyl sites for hydroxylation is 2. The van der Waals surface area contributed by atoms with Crippen LogP contribution < -0.4 is 0 Å². The molecule has 1 heterocycles. The van der Waals surface area contributed by atoms with E-state index < -0.39 is 0 Å². The Morgan fingerprint density at radius 3 is 2.83 bits per heavy atom. The Morgan fingerprint density at radius 1 is 1.39 bits per heavy atom. The van der Waals surface area contributed by atoms with Gasteiger partial charge in [-0.2, -0.15) is 0 Å². The SMILES string of the molecule is Cc1ccc(CN2CC(CO)OCC2C)c(C)c1. The van der Waals surface area contributed by atoms with Gasteiger partial charge in [0.1, 0.15) is 0 Å². The van der Waals surface area contributed by atoms with Gasteiger partial charge in [-0.3, -0.25) is 4.90 Å². The average Bonchev–Trinajstić information content (AvgIpc) is 2.35. The molecule has 0 aliphatic carbocycles. The maximum atomic E-state index is 9.20. The summed E-state index contributed by atoms with van der Waals surface area (Å²) >= 11 is 0. The number of rotatable bonds is 3. The first-order valence-electron chi connectivity index (χ1n) is 6.62. The number of hydrogen-bond donors (Lipinski definition) is 1. The van der Waals surface area contributed by atoms with Crippen LogP contribution in [0.25, 0.3) is 0 Å². The number of benzene rings is 1. The fourth-order valence-corrected chi connectivity index (χ4v) is 2.45. The Kier molecular flexibility index (Phi) is 4.38. The van der Waals surface area contributed by atoms with Gasteiger partial charge in [0.05, 0.1) is 19.3 Å². The van der Waals surface area contributed by atoms with Crippen molar-refractivity contribution in [3.8, 4) is 0 Å². The van der Waals surface area contributed by atoms with E-state index in [0.29, 0.717) is 12.6 Å². The van der Waals surface area contributed by atoms with E-state index in [-0.39, 0.29) is 12.7 Å². The van der Waals surface area contributed by atoms with Crippen LogP contribution in [0.2, 0.25) is 0 Å². The van der Waals surface area contributed by atoms with Crippen LogP contribution in [0.4, 0.5) is 0 Å². The largest absolute Gasteiger partial charge is 0.394 e. The molecule has 0 amide bonds. The van der Waals surface area contributed by atoms with Gasteiger partial charge < -0.3 is 9.84 Å². The fraction of sp³-hybridized carbons (Fsp3) is 0.600. The molecule has 1 fully saturated rings. The molecule has 18 heavy (non-hydrogen) atoms. The van der Waals surface area contributed by atoms with E-state index in [4.69, 9.17) is 4.74 Å². The molecule has 100 valence electrons. The monoisotopic (exact) mass is 249 g/mol. The quantitative estimate of drug-likeness (QED) is 0.888. The van der Waals surface area contributed by atoms with Gasteiger partial charge in [-0.25, -0.2) is 0 Å². The Hall–Kier alpha value is -0.900. The van der Waals surface area contributed by atoms with Crippen LogP contribution in [0.15, 0.2) is 18.2 Å². The van der Waals surface area contributed by atoms with Crippen LogP contribution >= 0.6 is 0 Å². The summed E-state index contributed by atoms with van der Waals surface area (Å²) < 4.78 is 5.57. The van der Waals surface area contributed by atoms with E-state index in [9.17, 15) is 5.11 Å². The van der Waals surface area contributed by atoms with Crippen molar-refractivity contribution >= 4 is 0 Å². The highest BCUT2D eigenvalue weighted by Crippen LogP contribution is 2.18. The van der Waals surface area contributed by atoms with Gasteiger partial charge in [0.25, 0.3) is 0 Å². The predicted molar refractivity (Wildman–Crippen MR) is 72.6 cm³/mol. The lowest BCUT2D eigenvalue weighted by Crippen LogP contribution is -2.48. The van der Waals surface area contributed by atoms with Crippen LogP contribution in [0.3, 0.4) is 0 Å². The second kappa shape index (κ2) is 5.83. The number of aliphatic hydroxyl groups is 1. The maximum absolute atomic E-state index is 9.20. The predicted octanol–water partition coefficient (Wildman–Crippen LogP) is 1.89. The molecule has 1 aromatic carbocycles. The summed E-state index contributed by atoms with van der Waals surface area (Å²) in [7, 11) is 0. The van der Waals surface area contributed by atoms with E-state index in [1.165, 1.54) is 16.7 Å². The van der Waals surface area contributed by atoms with Crippen molar-refractivity contribution in [2.45, 2.75) is 39.5 Å². The zero-order valence-corrected chi connectivity index (χ0v) is 11.5. The summed E-state index contributed by atoms with van der Waals surface area (Å²) in [6.45, 7) is 9.02. The third-order valence-corrected chi connectivity index (χ3v) is 3.71. The fourth-order valence-electron chi connectivity index (χ4n) is 2.45.